The first-order valence-corrected chi connectivity index (χ1v) is 5.12. The van der Waals surface area contributed by atoms with Crippen molar-refractivity contribution in [2.45, 2.75) is 13.0 Å². The second kappa shape index (κ2) is 5.08. The molecule has 76 valence electrons. The van der Waals surface area contributed by atoms with E-state index in [-0.39, 0.29) is 0 Å². The maximum absolute atomic E-state index is 5.64. The summed E-state index contributed by atoms with van der Waals surface area (Å²) in [6, 6.07) is 3.99. The van der Waals surface area contributed by atoms with E-state index in [1.54, 1.807) is 12.4 Å². The first-order chi connectivity index (χ1) is 6.95. The largest absolute Gasteiger partial charge is 0.376 e. The molecule has 0 radical (unpaired) electrons. The smallest absolute Gasteiger partial charge is 0.0718 e. The Kier molecular flexibility index (Phi) is 3.49. The minimum atomic E-state index is 0.705. The summed E-state index contributed by atoms with van der Waals surface area (Å²) >= 11 is 0. The van der Waals surface area contributed by atoms with Crippen LogP contribution in [0.4, 0.5) is 0 Å². The number of hydrogen-bond donors (Lipinski definition) is 1. The van der Waals surface area contributed by atoms with E-state index in [9.17, 15) is 0 Å². The molecule has 0 saturated carbocycles. The Hall–Kier alpha value is -0.930. The predicted octanol–water partition coefficient (Wildman–Crippen LogP) is 1.21. The van der Waals surface area contributed by atoms with E-state index in [1.807, 2.05) is 12.1 Å². The van der Waals surface area contributed by atoms with Gasteiger partial charge in [-0.3, -0.25) is 4.98 Å². The molecule has 1 aliphatic rings. The Balaban J connectivity index is 1.67. The first-order valence-electron chi connectivity index (χ1n) is 5.12. The van der Waals surface area contributed by atoms with E-state index in [4.69, 9.17) is 4.74 Å². The van der Waals surface area contributed by atoms with Crippen molar-refractivity contribution in [1.29, 1.82) is 0 Å². The van der Waals surface area contributed by atoms with Crippen LogP contribution in [0.25, 0.3) is 0 Å². The molecule has 0 bridgehead atoms. The lowest BCUT2D eigenvalue weighted by Crippen LogP contribution is -2.13. The van der Waals surface area contributed by atoms with Gasteiger partial charge in [0.1, 0.15) is 0 Å². The van der Waals surface area contributed by atoms with Crippen LogP contribution >= 0.6 is 0 Å². The summed E-state index contributed by atoms with van der Waals surface area (Å²) in [4.78, 5) is 3.97. The third kappa shape index (κ3) is 2.79. The van der Waals surface area contributed by atoms with Crippen LogP contribution in [0, 0.1) is 5.92 Å². The van der Waals surface area contributed by atoms with Gasteiger partial charge >= 0.3 is 0 Å². The highest BCUT2D eigenvalue weighted by Gasteiger charge is 2.13. The van der Waals surface area contributed by atoms with Crippen LogP contribution in [0.15, 0.2) is 24.5 Å². The van der Waals surface area contributed by atoms with E-state index in [0.29, 0.717) is 12.5 Å². The molecule has 2 rings (SSSR count). The lowest BCUT2D eigenvalue weighted by atomic mass is 10.1. The van der Waals surface area contributed by atoms with E-state index < -0.39 is 0 Å². The Morgan fingerprint density at radius 3 is 3.00 bits per heavy atom. The van der Waals surface area contributed by atoms with Crippen molar-refractivity contribution in [3.8, 4) is 0 Å². The van der Waals surface area contributed by atoms with Gasteiger partial charge in [-0.25, -0.2) is 0 Å². The van der Waals surface area contributed by atoms with Gasteiger partial charge in [0.2, 0.25) is 0 Å². The molecule has 1 N–H and O–H groups in total. The highest BCUT2D eigenvalue weighted by atomic mass is 16.5. The molecule has 0 amide bonds. The standard InChI is InChI=1S/C11H16N2O/c1-4-12-5-2-10(1)8-14-9-11-3-6-13-7-11/h1-2,4-5,11,13H,3,6-9H2/t11-/m1/s1. The Labute approximate surface area is 84.5 Å². The monoisotopic (exact) mass is 192 g/mol. The van der Waals surface area contributed by atoms with Crippen molar-refractivity contribution in [3.05, 3.63) is 30.1 Å². The van der Waals surface area contributed by atoms with Crippen LogP contribution < -0.4 is 5.32 Å². The Morgan fingerprint density at radius 1 is 1.43 bits per heavy atom. The van der Waals surface area contributed by atoms with Crippen LogP contribution in [0.3, 0.4) is 0 Å². The fourth-order valence-electron chi connectivity index (χ4n) is 1.68. The minimum Gasteiger partial charge on any atom is -0.376 e. The topological polar surface area (TPSA) is 34.1 Å². The summed E-state index contributed by atoms with van der Waals surface area (Å²) in [7, 11) is 0. The maximum Gasteiger partial charge on any atom is 0.0718 e. The highest BCUT2D eigenvalue weighted by molar-refractivity contribution is 5.07. The molecule has 0 aromatic carbocycles. The fourth-order valence-corrected chi connectivity index (χ4v) is 1.68. The fraction of sp³-hybridized carbons (Fsp3) is 0.545. The average Bonchev–Trinajstić information content (AvgIpc) is 2.72. The molecule has 3 nitrogen and oxygen atoms in total. The number of aromatic nitrogens is 1. The zero-order chi connectivity index (χ0) is 9.64. The molecule has 3 heteroatoms. The molecule has 1 aromatic rings. The summed E-state index contributed by atoms with van der Waals surface area (Å²) in [5.74, 6) is 0.705. The van der Waals surface area contributed by atoms with Gasteiger partial charge in [0.25, 0.3) is 0 Å². The molecule has 0 spiro atoms. The van der Waals surface area contributed by atoms with Crippen molar-refractivity contribution < 1.29 is 4.74 Å². The molecule has 2 heterocycles. The van der Waals surface area contributed by atoms with Crippen LogP contribution in [0.1, 0.15) is 12.0 Å². The Bertz CT molecular complexity index is 257. The summed E-state index contributed by atoms with van der Waals surface area (Å²) in [6.45, 7) is 3.83. The number of hydrogen-bond acceptors (Lipinski definition) is 3. The molecule has 0 aliphatic carbocycles. The van der Waals surface area contributed by atoms with Gasteiger partial charge in [-0.15, -0.1) is 0 Å². The Morgan fingerprint density at radius 2 is 2.29 bits per heavy atom. The average molecular weight is 192 g/mol. The number of nitrogens with zero attached hydrogens (tertiary/aromatic N) is 1. The molecule has 1 fully saturated rings. The normalized spacial score (nSPS) is 21.3. The van der Waals surface area contributed by atoms with Gasteiger partial charge in [0.15, 0.2) is 0 Å². The minimum absolute atomic E-state index is 0.705. The van der Waals surface area contributed by atoms with Crippen LogP contribution in [-0.2, 0) is 11.3 Å². The third-order valence-corrected chi connectivity index (χ3v) is 2.53. The van der Waals surface area contributed by atoms with Crippen LogP contribution in [0.5, 0.6) is 0 Å². The van der Waals surface area contributed by atoms with Crippen LogP contribution in [-0.4, -0.2) is 24.7 Å². The van der Waals surface area contributed by atoms with Gasteiger partial charge in [-0.1, -0.05) is 0 Å². The van der Waals surface area contributed by atoms with Gasteiger partial charge in [-0.05, 0) is 36.6 Å². The molecule has 14 heavy (non-hydrogen) atoms. The molecule has 1 saturated heterocycles. The lowest BCUT2D eigenvalue weighted by Gasteiger charge is -2.08. The van der Waals surface area contributed by atoms with Crippen molar-refractivity contribution in [2.75, 3.05) is 19.7 Å². The van der Waals surface area contributed by atoms with Crippen molar-refractivity contribution in [2.24, 2.45) is 5.92 Å². The number of rotatable bonds is 4. The van der Waals surface area contributed by atoms with E-state index >= 15 is 0 Å². The van der Waals surface area contributed by atoms with E-state index in [0.717, 1.165) is 19.7 Å². The molecular formula is C11H16N2O. The number of ether oxygens (including phenoxy) is 1. The maximum atomic E-state index is 5.64. The zero-order valence-corrected chi connectivity index (χ0v) is 8.28. The second-order valence-electron chi connectivity index (χ2n) is 3.73. The summed E-state index contributed by atoms with van der Waals surface area (Å²) in [5.41, 5.74) is 1.20. The van der Waals surface area contributed by atoms with Crippen molar-refractivity contribution >= 4 is 0 Å². The SMILES string of the molecule is c1cc(COC[C@@H]2CCNC2)ccn1. The van der Waals surface area contributed by atoms with Gasteiger partial charge in [0.05, 0.1) is 13.2 Å². The third-order valence-electron chi connectivity index (χ3n) is 2.53. The van der Waals surface area contributed by atoms with Gasteiger partial charge < -0.3 is 10.1 Å². The van der Waals surface area contributed by atoms with E-state index in [1.165, 1.54) is 12.0 Å². The van der Waals surface area contributed by atoms with Crippen molar-refractivity contribution in [1.82, 2.24) is 10.3 Å². The first kappa shape index (κ1) is 9.62. The molecule has 1 aromatic heterocycles. The molecule has 1 atom stereocenters. The molecule has 1 aliphatic heterocycles. The highest BCUT2D eigenvalue weighted by Crippen LogP contribution is 2.09. The summed E-state index contributed by atoms with van der Waals surface area (Å²) in [6.07, 6.45) is 4.85. The predicted molar refractivity (Wildman–Crippen MR) is 54.9 cm³/mol. The second-order valence-corrected chi connectivity index (χ2v) is 3.73. The molecule has 0 unspecified atom stereocenters. The molecular weight excluding hydrogens is 176 g/mol. The summed E-state index contributed by atoms with van der Waals surface area (Å²) in [5, 5.41) is 3.33. The summed E-state index contributed by atoms with van der Waals surface area (Å²) < 4.78 is 5.64. The zero-order valence-electron chi connectivity index (χ0n) is 8.28. The van der Waals surface area contributed by atoms with E-state index in [2.05, 4.69) is 10.3 Å². The lowest BCUT2D eigenvalue weighted by molar-refractivity contribution is 0.0924. The number of nitrogens with one attached hydrogen (secondary N) is 1. The van der Waals surface area contributed by atoms with Crippen molar-refractivity contribution in [3.63, 3.8) is 0 Å². The van der Waals surface area contributed by atoms with Crippen LogP contribution in [0.2, 0.25) is 0 Å². The number of pyridine rings is 1. The van der Waals surface area contributed by atoms with Gasteiger partial charge in [-0.2, -0.15) is 0 Å². The van der Waals surface area contributed by atoms with Gasteiger partial charge in [0, 0.05) is 18.9 Å². The quantitative estimate of drug-likeness (QED) is 0.778.